The molecule has 0 bridgehead atoms. The van der Waals surface area contributed by atoms with Crippen molar-refractivity contribution in [3.63, 3.8) is 0 Å². The van der Waals surface area contributed by atoms with Gasteiger partial charge in [0.25, 0.3) is 0 Å². The molecule has 96 valence electrons. The number of hydrogen-bond donors (Lipinski definition) is 1. The molecule has 0 aliphatic heterocycles. The van der Waals surface area contributed by atoms with Gasteiger partial charge in [0.15, 0.2) is 0 Å². The van der Waals surface area contributed by atoms with E-state index in [-0.39, 0.29) is 17.6 Å². The smallest absolute Gasteiger partial charge is 0.339 e. The second kappa shape index (κ2) is 5.59. The minimum atomic E-state index is -0.988. The Morgan fingerprint density at radius 1 is 1.39 bits per heavy atom. The summed E-state index contributed by atoms with van der Waals surface area (Å²) in [5.74, 6) is 5.35. The van der Waals surface area contributed by atoms with Gasteiger partial charge in [0.1, 0.15) is 17.9 Å². The van der Waals surface area contributed by atoms with Crippen LogP contribution in [0.5, 0.6) is 5.75 Å². The number of rotatable bonds is 3. The first-order valence-corrected chi connectivity index (χ1v) is 5.77. The van der Waals surface area contributed by atoms with Crippen molar-refractivity contribution in [1.29, 1.82) is 0 Å². The molecule has 0 unspecified atom stereocenters. The van der Waals surface area contributed by atoms with Crippen molar-refractivity contribution in [2.45, 2.75) is 27.7 Å². The van der Waals surface area contributed by atoms with Gasteiger partial charge in [-0.3, -0.25) is 0 Å². The van der Waals surface area contributed by atoms with Crippen LogP contribution in [0.4, 0.5) is 0 Å². The van der Waals surface area contributed by atoms with Crippen LogP contribution in [0.2, 0.25) is 0 Å². The molecule has 18 heavy (non-hydrogen) atoms. The van der Waals surface area contributed by atoms with E-state index in [2.05, 4.69) is 11.8 Å². The molecular formula is C15H18O3. The van der Waals surface area contributed by atoms with Gasteiger partial charge in [0, 0.05) is 5.41 Å². The number of benzene rings is 1. The molecule has 1 aromatic carbocycles. The summed E-state index contributed by atoms with van der Waals surface area (Å²) in [6.07, 6.45) is 0. The highest BCUT2D eigenvalue weighted by atomic mass is 16.5. The first kappa shape index (κ1) is 14.1. The predicted octanol–water partition coefficient (Wildman–Crippen LogP) is 3.12. The van der Waals surface area contributed by atoms with E-state index in [1.54, 1.807) is 6.07 Å². The Labute approximate surface area is 108 Å². The summed E-state index contributed by atoms with van der Waals surface area (Å²) in [6, 6.07) is 5.05. The topological polar surface area (TPSA) is 46.5 Å². The summed E-state index contributed by atoms with van der Waals surface area (Å²) < 4.78 is 5.47. The highest BCUT2D eigenvalue weighted by Crippen LogP contribution is 2.23. The Bertz CT molecular complexity index is 499. The maximum Gasteiger partial charge on any atom is 0.339 e. The minimum absolute atomic E-state index is 0.0787. The summed E-state index contributed by atoms with van der Waals surface area (Å²) in [7, 11) is 0. The van der Waals surface area contributed by atoms with E-state index in [0.29, 0.717) is 5.75 Å². The Hall–Kier alpha value is -1.95. The molecule has 0 aromatic heterocycles. The van der Waals surface area contributed by atoms with Crippen LogP contribution in [-0.4, -0.2) is 17.7 Å². The van der Waals surface area contributed by atoms with Gasteiger partial charge in [0.2, 0.25) is 0 Å². The van der Waals surface area contributed by atoms with Crippen LogP contribution in [0.3, 0.4) is 0 Å². The highest BCUT2D eigenvalue weighted by Gasteiger charge is 2.12. The number of para-hydroxylation sites is 1. The molecule has 1 rings (SSSR count). The third-order valence-corrected chi connectivity index (χ3v) is 2.19. The summed E-state index contributed by atoms with van der Waals surface area (Å²) in [6.45, 7) is 8.05. The van der Waals surface area contributed by atoms with Crippen molar-refractivity contribution >= 4 is 5.97 Å². The molecular weight excluding hydrogens is 228 g/mol. The Kier molecular flexibility index (Phi) is 4.38. The van der Waals surface area contributed by atoms with Crippen molar-refractivity contribution < 1.29 is 14.6 Å². The number of carboxylic acid groups (broad SMARTS) is 1. The van der Waals surface area contributed by atoms with Gasteiger partial charge in [-0.1, -0.05) is 24.0 Å². The van der Waals surface area contributed by atoms with Crippen LogP contribution in [0, 0.1) is 24.2 Å². The number of carboxylic acids is 1. The van der Waals surface area contributed by atoms with Crippen LogP contribution in [0.15, 0.2) is 18.2 Å². The Morgan fingerprint density at radius 2 is 2.06 bits per heavy atom. The van der Waals surface area contributed by atoms with Crippen LogP contribution in [-0.2, 0) is 0 Å². The maximum absolute atomic E-state index is 11.0. The normalized spacial score (nSPS) is 10.4. The van der Waals surface area contributed by atoms with Crippen molar-refractivity contribution in [3.8, 4) is 17.6 Å². The zero-order chi connectivity index (χ0) is 13.8. The molecule has 0 saturated heterocycles. The van der Waals surface area contributed by atoms with Gasteiger partial charge < -0.3 is 9.84 Å². The predicted molar refractivity (Wildman–Crippen MR) is 70.9 cm³/mol. The van der Waals surface area contributed by atoms with Gasteiger partial charge in [-0.05, 0) is 39.3 Å². The molecule has 1 N–H and O–H groups in total. The quantitative estimate of drug-likeness (QED) is 0.833. The lowest BCUT2D eigenvalue weighted by Crippen LogP contribution is -2.06. The number of carbonyl (C=O) groups is 1. The van der Waals surface area contributed by atoms with E-state index < -0.39 is 5.97 Å². The number of aryl methyl sites for hydroxylation is 1. The lowest BCUT2D eigenvalue weighted by molar-refractivity contribution is 0.0692. The number of aromatic carboxylic acids is 1. The van der Waals surface area contributed by atoms with Crippen molar-refractivity contribution in [2.24, 2.45) is 5.41 Å². The zero-order valence-corrected chi connectivity index (χ0v) is 11.2. The number of hydrogen-bond acceptors (Lipinski definition) is 2. The molecule has 0 heterocycles. The third kappa shape index (κ3) is 4.14. The Morgan fingerprint density at radius 3 is 2.61 bits per heavy atom. The summed E-state index contributed by atoms with van der Waals surface area (Å²) in [5.41, 5.74) is 0.894. The summed E-state index contributed by atoms with van der Waals surface area (Å²) in [4.78, 5) is 11.0. The third-order valence-electron chi connectivity index (χ3n) is 2.19. The van der Waals surface area contributed by atoms with E-state index in [0.717, 1.165) is 5.56 Å². The molecule has 0 spiro atoms. The van der Waals surface area contributed by atoms with Crippen LogP contribution in [0.25, 0.3) is 0 Å². The van der Waals surface area contributed by atoms with Crippen LogP contribution >= 0.6 is 0 Å². The second-order valence-corrected chi connectivity index (χ2v) is 5.10. The van der Waals surface area contributed by atoms with E-state index in [1.165, 1.54) is 6.07 Å². The molecule has 0 aliphatic rings. The summed E-state index contributed by atoms with van der Waals surface area (Å²) >= 11 is 0. The fourth-order valence-electron chi connectivity index (χ4n) is 1.42. The molecule has 0 amide bonds. The summed E-state index contributed by atoms with van der Waals surface area (Å²) in [5, 5.41) is 9.06. The van der Waals surface area contributed by atoms with Gasteiger partial charge in [-0.2, -0.15) is 0 Å². The first-order chi connectivity index (χ1) is 8.31. The van der Waals surface area contributed by atoms with E-state index in [9.17, 15) is 4.79 Å². The average molecular weight is 246 g/mol. The SMILES string of the molecule is Cc1cccc(C(=O)O)c1OCC#CC(C)(C)C. The zero-order valence-electron chi connectivity index (χ0n) is 11.2. The first-order valence-electron chi connectivity index (χ1n) is 5.77. The van der Waals surface area contributed by atoms with Gasteiger partial charge in [0.05, 0.1) is 0 Å². The standard InChI is InChI=1S/C15H18O3/c1-11-7-5-8-12(14(16)17)13(11)18-10-6-9-15(2,3)4/h5,7-8H,10H2,1-4H3,(H,16,17). The van der Waals surface area contributed by atoms with Crippen molar-refractivity contribution in [1.82, 2.24) is 0 Å². The lowest BCUT2D eigenvalue weighted by atomic mass is 9.98. The molecule has 3 nitrogen and oxygen atoms in total. The molecule has 0 radical (unpaired) electrons. The second-order valence-electron chi connectivity index (χ2n) is 5.10. The molecule has 0 saturated carbocycles. The Balaban J connectivity index is 2.84. The van der Waals surface area contributed by atoms with Gasteiger partial charge in [-0.25, -0.2) is 4.79 Å². The molecule has 3 heteroatoms. The average Bonchev–Trinajstić information content (AvgIpc) is 2.24. The van der Waals surface area contributed by atoms with Crippen LogP contribution < -0.4 is 4.74 Å². The number of ether oxygens (including phenoxy) is 1. The minimum Gasteiger partial charge on any atom is -0.480 e. The lowest BCUT2D eigenvalue weighted by Gasteiger charge is -2.10. The van der Waals surface area contributed by atoms with E-state index in [4.69, 9.17) is 9.84 Å². The maximum atomic E-state index is 11.0. The molecule has 0 fully saturated rings. The fraction of sp³-hybridized carbons (Fsp3) is 0.400. The van der Waals surface area contributed by atoms with Crippen LogP contribution in [0.1, 0.15) is 36.7 Å². The van der Waals surface area contributed by atoms with Crippen molar-refractivity contribution in [2.75, 3.05) is 6.61 Å². The molecule has 0 aliphatic carbocycles. The van der Waals surface area contributed by atoms with E-state index >= 15 is 0 Å². The van der Waals surface area contributed by atoms with Gasteiger partial charge >= 0.3 is 5.97 Å². The highest BCUT2D eigenvalue weighted by molar-refractivity contribution is 5.91. The monoisotopic (exact) mass is 246 g/mol. The molecule has 0 atom stereocenters. The van der Waals surface area contributed by atoms with Gasteiger partial charge in [-0.15, -0.1) is 0 Å². The fourth-order valence-corrected chi connectivity index (χ4v) is 1.42. The van der Waals surface area contributed by atoms with Crippen molar-refractivity contribution in [3.05, 3.63) is 29.3 Å². The molecule has 1 aromatic rings. The van der Waals surface area contributed by atoms with E-state index in [1.807, 2.05) is 33.8 Å². The largest absolute Gasteiger partial charge is 0.480 e.